The summed E-state index contributed by atoms with van der Waals surface area (Å²) in [5, 5.41) is 14.0. The van der Waals surface area contributed by atoms with Gasteiger partial charge in [0.05, 0.1) is 5.71 Å². The Labute approximate surface area is 233 Å². The number of aliphatic hydroxyl groups is 1. The minimum absolute atomic E-state index is 0. The quantitative estimate of drug-likeness (QED) is 0.409. The number of carbonyl (C=O) groups is 1. The van der Waals surface area contributed by atoms with Crippen LogP contribution in [0.3, 0.4) is 0 Å². The Hall–Kier alpha value is -1.14. The second-order valence-electron chi connectivity index (χ2n) is 8.32. The summed E-state index contributed by atoms with van der Waals surface area (Å²) in [7, 11) is 0. The fraction of sp³-hybridized carbons (Fsp3) is 0.462. The van der Waals surface area contributed by atoms with Crippen LogP contribution in [0.2, 0.25) is 10.0 Å². The molecule has 0 heterocycles. The molecule has 1 unspecified atom stereocenters. The summed E-state index contributed by atoms with van der Waals surface area (Å²) in [5.74, 6) is -0.0945. The largest absolute Gasteiger partial charge is 0.384 e. The van der Waals surface area contributed by atoms with Crippen molar-refractivity contribution in [2.75, 3.05) is 14.0 Å². The summed E-state index contributed by atoms with van der Waals surface area (Å²) in [4.78, 5) is 16.2. The topological polar surface area (TPSA) is 61.7 Å². The molecular weight excluding hydrogens is 514 g/mol. The van der Waals surface area contributed by atoms with Crippen molar-refractivity contribution in [3.8, 4) is 0 Å². The van der Waals surface area contributed by atoms with E-state index in [0.717, 1.165) is 25.7 Å². The maximum atomic E-state index is 12.4. The van der Waals surface area contributed by atoms with Crippen LogP contribution >= 0.6 is 48.0 Å². The average Bonchev–Trinajstić information content (AvgIpc) is 3.26. The third-order valence-corrected chi connectivity index (χ3v) is 7.00. The number of ketones is 1. The number of halogens is 4. The number of hydrogen-bond donors (Lipinski definition) is 2. The highest BCUT2D eigenvalue weighted by Crippen LogP contribution is 2.37. The van der Waals surface area contributed by atoms with Crippen LogP contribution in [0.1, 0.15) is 70.7 Å². The van der Waals surface area contributed by atoms with Gasteiger partial charge in [-0.15, -0.1) is 24.8 Å². The van der Waals surface area contributed by atoms with E-state index in [1.165, 1.54) is 0 Å². The minimum Gasteiger partial charge on any atom is -0.384 e. The van der Waals surface area contributed by atoms with Gasteiger partial charge in [-0.1, -0.05) is 78.9 Å². The lowest BCUT2D eigenvalue weighted by atomic mass is 9.75. The number of hydrogen-bond acceptors (Lipinski definition) is 4. The fourth-order valence-electron chi connectivity index (χ4n) is 4.59. The molecule has 188 valence electrons. The van der Waals surface area contributed by atoms with E-state index in [4.69, 9.17) is 31.4 Å². The molecule has 2 aromatic carbocycles. The highest BCUT2D eigenvalue weighted by atomic mass is 35.5. The maximum Gasteiger partial charge on any atom is 0.157 e. The van der Waals surface area contributed by atoms with E-state index in [1.807, 2.05) is 0 Å². The molecule has 4 nitrogen and oxygen atoms in total. The number of nitrogens with zero attached hydrogens (tertiary/aromatic N) is 1. The van der Waals surface area contributed by atoms with Crippen LogP contribution in [-0.4, -0.2) is 36.2 Å². The van der Waals surface area contributed by atoms with Gasteiger partial charge >= 0.3 is 0 Å². The van der Waals surface area contributed by atoms with E-state index >= 15 is 0 Å². The number of nitrogens with one attached hydrogen (secondary N) is 1. The van der Waals surface area contributed by atoms with Crippen LogP contribution in [0.4, 0.5) is 0 Å². The van der Waals surface area contributed by atoms with Gasteiger partial charge in [-0.2, -0.15) is 0 Å². The number of carbonyl (C=O) groups excluding carboxylic acids is 1. The first-order valence-corrected chi connectivity index (χ1v) is 11.6. The molecule has 0 amide bonds. The third kappa shape index (κ3) is 6.54. The highest BCUT2D eigenvalue weighted by Gasteiger charge is 2.41. The molecule has 2 aromatic rings. The van der Waals surface area contributed by atoms with Crippen molar-refractivity contribution in [3.63, 3.8) is 0 Å². The van der Waals surface area contributed by atoms with Crippen LogP contribution in [0.15, 0.2) is 53.5 Å². The molecule has 0 aromatic heterocycles. The van der Waals surface area contributed by atoms with E-state index in [0.29, 0.717) is 46.9 Å². The van der Waals surface area contributed by atoms with E-state index in [-0.39, 0.29) is 36.3 Å². The Morgan fingerprint density at radius 3 is 2.18 bits per heavy atom. The summed E-state index contributed by atoms with van der Waals surface area (Å²) in [6, 6.07) is 13.8. The standard InChI is InChI=1S/2C13H16ClNO.2ClH/c1-15-12(13(16)8-4-5-9-13)10-6-2-3-7-11(10)14;1-15-13(9-5-4-8-12(13)16)10-6-2-3-7-11(10)14;;/h2-3,6-7,16H,4-5,8-9H2,1H3;2-3,6-7,15H,4-5,8-9H2,1H3;2*1H/i2*1D3;;. The van der Waals surface area contributed by atoms with E-state index in [1.54, 1.807) is 48.5 Å². The molecule has 0 radical (unpaired) electrons. The van der Waals surface area contributed by atoms with Crippen molar-refractivity contribution in [2.45, 2.75) is 62.5 Å². The first-order chi connectivity index (χ1) is 17.7. The molecule has 34 heavy (non-hydrogen) atoms. The average molecular weight is 554 g/mol. The Kier molecular flexibility index (Phi) is 8.98. The molecule has 2 aliphatic rings. The molecule has 0 saturated heterocycles. The molecule has 1 atom stereocenters. The van der Waals surface area contributed by atoms with Gasteiger partial charge in [0.15, 0.2) is 5.78 Å². The van der Waals surface area contributed by atoms with E-state index < -0.39 is 25.1 Å². The molecule has 0 spiro atoms. The summed E-state index contributed by atoms with van der Waals surface area (Å²) in [6.07, 6.45) is 5.22. The zero-order valence-electron chi connectivity index (χ0n) is 24.7. The van der Waals surface area contributed by atoms with Crippen LogP contribution < -0.4 is 5.32 Å². The number of aliphatic imine (C=N–C) groups is 1. The first kappa shape index (κ1) is 22.1. The first-order valence-electron chi connectivity index (χ1n) is 13.8. The highest BCUT2D eigenvalue weighted by molar-refractivity contribution is 6.34. The predicted octanol–water partition coefficient (Wildman–Crippen LogP) is 6.81. The van der Waals surface area contributed by atoms with E-state index in [9.17, 15) is 9.90 Å². The zero-order chi connectivity index (χ0) is 28.2. The maximum absolute atomic E-state index is 12.4. The molecule has 2 aliphatic carbocycles. The molecule has 2 fully saturated rings. The predicted molar refractivity (Wildman–Crippen MR) is 147 cm³/mol. The van der Waals surface area contributed by atoms with Gasteiger partial charge in [0.2, 0.25) is 0 Å². The summed E-state index contributed by atoms with van der Waals surface area (Å²) < 4.78 is 44.3. The number of benzene rings is 2. The zero-order valence-corrected chi connectivity index (χ0v) is 21.8. The van der Waals surface area contributed by atoms with Crippen molar-refractivity contribution < 1.29 is 18.1 Å². The molecule has 2 N–H and O–H groups in total. The Bertz CT molecular complexity index is 1170. The second-order valence-corrected chi connectivity index (χ2v) is 9.13. The van der Waals surface area contributed by atoms with Crippen LogP contribution in [0, 0.1) is 0 Å². The summed E-state index contributed by atoms with van der Waals surface area (Å²) >= 11 is 12.3. The lowest BCUT2D eigenvalue weighted by Crippen LogP contribution is -2.49. The van der Waals surface area contributed by atoms with Crippen LogP contribution in [-0.2, 0) is 10.3 Å². The van der Waals surface area contributed by atoms with Crippen LogP contribution in [0.25, 0.3) is 0 Å². The Morgan fingerprint density at radius 1 is 0.971 bits per heavy atom. The molecule has 2 saturated carbocycles. The Morgan fingerprint density at radius 2 is 1.59 bits per heavy atom. The second kappa shape index (κ2) is 13.8. The third-order valence-electron chi connectivity index (χ3n) is 6.34. The van der Waals surface area contributed by atoms with Crippen molar-refractivity contribution in [2.24, 2.45) is 4.99 Å². The lowest BCUT2D eigenvalue weighted by Gasteiger charge is -2.36. The molecule has 0 aliphatic heterocycles. The normalized spacial score (nSPS) is 24.9. The van der Waals surface area contributed by atoms with Gasteiger partial charge in [0.25, 0.3) is 0 Å². The SMILES string of the molecule is Cl.Cl.[2H]C([2H])([2H])N=C(c1ccccc1Cl)C1(O)CCCC1.[2H]C([2H])([2H])NC1(c2ccccc2Cl)CCCCC1=O. The molecule has 0 bridgehead atoms. The summed E-state index contributed by atoms with van der Waals surface area (Å²) in [6.45, 7) is -4.86. The Balaban J connectivity index is 0.000000381. The molecular formula is C26H34Cl4N2O2. The number of rotatable bonds is 4. The fourth-order valence-corrected chi connectivity index (χ4v) is 5.11. The van der Waals surface area contributed by atoms with Gasteiger partial charge in [-0.25, -0.2) is 0 Å². The minimum atomic E-state index is -2.48. The lowest BCUT2D eigenvalue weighted by molar-refractivity contribution is -0.127. The van der Waals surface area contributed by atoms with Crippen molar-refractivity contribution in [1.82, 2.24) is 5.32 Å². The van der Waals surface area contributed by atoms with Gasteiger partial charge in [-0.3, -0.25) is 9.79 Å². The number of likely N-dealkylation sites (N-methyl/N-ethyl adjacent to an activating group) is 1. The summed E-state index contributed by atoms with van der Waals surface area (Å²) in [5.41, 5.74) is -1.10. The smallest absolute Gasteiger partial charge is 0.157 e. The van der Waals surface area contributed by atoms with Crippen molar-refractivity contribution in [3.05, 3.63) is 69.7 Å². The van der Waals surface area contributed by atoms with Gasteiger partial charge in [0, 0.05) is 37.2 Å². The van der Waals surface area contributed by atoms with Gasteiger partial charge in [-0.05, 0) is 50.4 Å². The molecule has 8 heteroatoms. The van der Waals surface area contributed by atoms with E-state index in [2.05, 4.69) is 10.3 Å². The molecule has 4 rings (SSSR count). The van der Waals surface area contributed by atoms with Gasteiger partial charge in [0.1, 0.15) is 11.1 Å². The number of Topliss-reactive ketones (excluding diaryl/α,β-unsaturated/α-hetero) is 1. The van der Waals surface area contributed by atoms with Crippen molar-refractivity contribution in [1.29, 1.82) is 0 Å². The monoisotopic (exact) mass is 552 g/mol. The van der Waals surface area contributed by atoms with Crippen molar-refractivity contribution >= 4 is 59.5 Å². The van der Waals surface area contributed by atoms with Crippen LogP contribution in [0.5, 0.6) is 0 Å². The van der Waals surface area contributed by atoms with Gasteiger partial charge < -0.3 is 10.4 Å².